The van der Waals surface area contributed by atoms with Gasteiger partial charge in [0.25, 0.3) is 0 Å². The van der Waals surface area contributed by atoms with Gasteiger partial charge < -0.3 is 5.32 Å². The predicted molar refractivity (Wildman–Crippen MR) is 61.5 cm³/mol. The van der Waals surface area contributed by atoms with Crippen molar-refractivity contribution < 1.29 is 0 Å². The number of hydrogen-bond donors (Lipinski definition) is 1. The van der Waals surface area contributed by atoms with E-state index in [9.17, 15) is 0 Å². The number of nitrogens with one attached hydrogen (secondary N) is 1. The van der Waals surface area contributed by atoms with Crippen LogP contribution in [0.15, 0.2) is 24.5 Å². The van der Waals surface area contributed by atoms with Gasteiger partial charge in [-0.25, -0.2) is 0 Å². The summed E-state index contributed by atoms with van der Waals surface area (Å²) >= 11 is 0. The monoisotopic (exact) mass is 200 g/mol. The number of fused-ring (bicyclic) bond motifs is 1. The number of nitrogens with zero attached hydrogens (tertiary/aromatic N) is 1. The Morgan fingerprint density at radius 2 is 2.33 bits per heavy atom. The van der Waals surface area contributed by atoms with Crippen LogP contribution < -0.4 is 5.32 Å². The van der Waals surface area contributed by atoms with Crippen molar-refractivity contribution >= 4 is 5.57 Å². The fraction of sp³-hybridized carbons (Fsp3) is 0.462. The fourth-order valence-electron chi connectivity index (χ4n) is 2.72. The first-order valence-electron chi connectivity index (χ1n) is 5.69. The van der Waals surface area contributed by atoms with E-state index < -0.39 is 0 Å². The van der Waals surface area contributed by atoms with E-state index >= 15 is 0 Å². The molecule has 3 rings (SSSR count). The van der Waals surface area contributed by atoms with E-state index in [2.05, 4.69) is 29.4 Å². The largest absolute Gasteiger partial charge is 0.313 e. The SMILES string of the molecule is Cc1cncc(C2=C[C@@H]3CCN[C@@H]3C2)c1. The van der Waals surface area contributed by atoms with E-state index in [1.165, 1.54) is 36.1 Å². The van der Waals surface area contributed by atoms with E-state index in [1.54, 1.807) is 0 Å². The van der Waals surface area contributed by atoms with Crippen molar-refractivity contribution in [1.29, 1.82) is 0 Å². The Morgan fingerprint density at radius 3 is 3.13 bits per heavy atom. The zero-order valence-corrected chi connectivity index (χ0v) is 9.03. The van der Waals surface area contributed by atoms with E-state index in [0.717, 1.165) is 5.92 Å². The summed E-state index contributed by atoms with van der Waals surface area (Å²) in [4.78, 5) is 4.26. The van der Waals surface area contributed by atoms with Crippen LogP contribution in [-0.4, -0.2) is 17.6 Å². The molecule has 0 amide bonds. The molecule has 0 saturated carbocycles. The summed E-state index contributed by atoms with van der Waals surface area (Å²) < 4.78 is 0. The maximum absolute atomic E-state index is 4.26. The zero-order valence-electron chi connectivity index (χ0n) is 9.03. The van der Waals surface area contributed by atoms with Gasteiger partial charge in [-0.3, -0.25) is 4.98 Å². The summed E-state index contributed by atoms with van der Waals surface area (Å²) in [5, 5.41) is 3.56. The summed E-state index contributed by atoms with van der Waals surface area (Å²) in [7, 11) is 0. The summed E-state index contributed by atoms with van der Waals surface area (Å²) in [5.41, 5.74) is 4.04. The second kappa shape index (κ2) is 3.46. The number of pyridine rings is 1. The third-order valence-electron chi connectivity index (χ3n) is 3.50. The molecule has 1 N–H and O–H groups in total. The molecule has 1 fully saturated rings. The molecule has 1 aliphatic carbocycles. The van der Waals surface area contributed by atoms with Crippen LogP contribution in [-0.2, 0) is 0 Å². The summed E-state index contributed by atoms with van der Waals surface area (Å²) in [6, 6.07) is 2.93. The van der Waals surface area contributed by atoms with Crippen molar-refractivity contribution in [2.75, 3.05) is 6.54 Å². The third kappa shape index (κ3) is 1.59. The molecule has 1 aromatic heterocycles. The molecule has 1 aromatic rings. The quantitative estimate of drug-likeness (QED) is 0.751. The van der Waals surface area contributed by atoms with Crippen LogP contribution in [0, 0.1) is 12.8 Å². The first-order chi connectivity index (χ1) is 7.33. The number of hydrogen-bond acceptors (Lipinski definition) is 2. The van der Waals surface area contributed by atoms with Gasteiger partial charge >= 0.3 is 0 Å². The van der Waals surface area contributed by atoms with Crippen LogP contribution in [0.2, 0.25) is 0 Å². The fourth-order valence-corrected chi connectivity index (χ4v) is 2.72. The topological polar surface area (TPSA) is 24.9 Å². The highest BCUT2D eigenvalue weighted by Crippen LogP contribution is 2.35. The highest BCUT2D eigenvalue weighted by Gasteiger charge is 2.31. The van der Waals surface area contributed by atoms with Gasteiger partial charge in [-0.2, -0.15) is 0 Å². The maximum atomic E-state index is 4.26. The molecule has 15 heavy (non-hydrogen) atoms. The minimum atomic E-state index is 0.695. The average molecular weight is 200 g/mol. The molecule has 78 valence electrons. The lowest BCUT2D eigenvalue weighted by atomic mass is 10.0. The molecule has 2 heterocycles. The molecule has 2 nitrogen and oxygen atoms in total. The van der Waals surface area contributed by atoms with Crippen molar-refractivity contribution in [3.05, 3.63) is 35.7 Å². The van der Waals surface area contributed by atoms with Gasteiger partial charge in [0.2, 0.25) is 0 Å². The van der Waals surface area contributed by atoms with Crippen molar-refractivity contribution in [2.45, 2.75) is 25.8 Å². The molecule has 1 saturated heterocycles. The smallest absolute Gasteiger partial charge is 0.0343 e. The molecule has 0 radical (unpaired) electrons. The number of aryl methyl sites for hydroxylation is 1. The lowest BCUT2D eigenvalue weighted by Gasteiger charge is -2.08. The molecule has 2 heteroatoms. The van der Waals surface area contributed by atoms with Crippen molar-refractivity contribution in [3.8, 4) is 0 Å². The van der Waals surface area contributed by atoms with Gasteiger partial charge in [-0.05, 0) is 55.0 Å². The lowest BCUT2D eigenvalue weighted by Crippen LogP contribution is -2.22. The lowest BCUT2D eigenvalue weighted by molar-refractivity contribution is 0.563. The molecule has 2 aliphatic rings. The Bertz CT molecular complexity index is 409. The maximum Gasteiger partial charge on any atom is 0.0343 e. The Morgan fingerprint density at radius 1 is 1.40 bits per heavy atom. The first kappa shape index (κ1) is 9.10. The minimum Gasteiger partial charge on any atom is -0.313 e. The standard InChI is InChI=1S/C13H16N2/c1-9-4-12(8-14-7-9)11-5-10-2-3-15-13(10)6-11/h4-5,7-8,10,13,15H,2-3,6H2,1H3/t10-,13+/m0/s1. The van der Waals surface area contributed by atoms with Crippen LogP contribution in [0.3, 0.4) is 0 Å². The Labute approximate surface area is 90.4 Å². The second-order valence-electron chi connectivity index (χ2n) is 4.66. The van der Waals surface area contributed by atoms with E-state index in [1.807, 2.05) is 12.4 Å². The molecule has 0 spiro atoms. The Kier molecular flexibility index (Phi) is 2.10. The second-order valence-corrected chi connectivity index (χ2v) is 4.66. The minimum absolute atomic E-state index is 0.695. The van der Waals surface area contributed by atoms with Gasteiger partial charge in [-0.1, -0.05) is 6.08 Å². The molecular formula is C13H16N2. The van der Waals surface area contributed by atoms with Crippen LogP contribution >= 0.6 is 0 Å². The van der Waals surface area contributed by atoms with Crippen molar-refractivity contribution in [2.24, 2.45) is 5.92 Å². The molecular weight excluding hydrogens is 184 g/mol. The van der Waals surface area contributed by atoms with E-state index in [0.29, 0.717) is 6.04 Å². The number of aromatic nitrogens is 1. The zero-order chi connectivity index (χ0) is 10.3. The van der Waals surface area contributed by atoms with Crippen molar-refractivity contribution in [1.82, 2.24) is 10.3 Å². The molecule has 0 aromatic carbocycles. The summed E-state index contributed by atoms with van der Waals surface area (Å²) in [6.45, 7) is 3.29. The number of rotatable bonds is 1. The van der Waals surface area contributed by atoms with E-state index in [-0.39, 0.29) is 0 Å². The third-order valence-corrected chi connectivity index (χ3v) is 3.50. The predicted octanol–water partition coefficient (Wildman–Crippen LogP) is 2.16. The normalized spacial score (nSPS) is 29.0. The molecule has 0 bridgehead atoms. The van der Waals surface area contributed by atoms with Gasteiger partial charge in [0.1, 0.15) is 0 Å². The van der Waals surface area contributed by atoms with Crippen LogP contribution in [0.5, 0.6) is 0 Å². The van der Waals surface area contributed by atoms with Gasteiger partial charge in [-0.15, -0.1) is 0 Å². The van der Waals surface area contributed by atoms with Crippen LogP contribution in [0.25, 0.3) is 5.57 Å². The van der Waals surface area contributed by atoms with E-state index in [4.69, 9.17) is 0 Å². The van der Waals surface area contributed by atoms with Gasteiger partial charge in [0.15, 0.2) is 0 Å². The van der Waals surface area contributed by atoms with Gasteiger partial charge in [0, 0.05) is 18.4 Å². The average Bonchev–Trinajstić information content (AvgIpc) is 2.76. The van der Waals surface area contributed by atoms with Gasteiger partial charge in [0.05, 0.1) is 0 Å². The molecule has 1 aliphatic heterocycles. The molecule has 0 unspecified atom stereocenters. The highest BCUT2D eigenvalue weighted by atomic mass is 15.0. The summed E-state index contributed by atoms with van der Waals surface area (Å²) in [6.07, 6.45) is 8.82. The molecule has 2 atom stereocenters. The first-order valence-corrected chi connectivity index (χ1v) is 5.69. The summed E-state index contributed by atoms with van der Waals surface area (Å²) in [5.74, 6) is 0.764. The van der Waals surface area contributed by atoms with Crippen LogP contribution in [0.4, 0.5) is 0 Å². The highest BCUT2D eigenvalue weighted by molar-refractivity contribution is 5.68. The Balaban J connectivity index is 1.90. The van der Waals surface area contributed by atoms with Crippen molar-refractivity contribution in [3.63, 3.8) is 0 Å². The Hall–Kier alpha value is -1.15. The van der Waals surface area contributed by atoms with Crippen LogP contribution in [0.1, 0.15) is 24.0 Å².